The van der Waals surface area contributed by atoms with E-state index in [0.29, 0.717) is 14.9 Å². The highest BCUT2D eigenvalue weighted by Crippen LogP contribution is 2.36. The van der Waals surface area contributed by atoms with Gasteiger partial charge in [-0.25, -0.2) is 0 Å². The Morgan fingerprint density at radius 1 is 1.05 bits per heavy atom. The van der Waals surface area contributed by atoms with Gasteiger partial charge in [0, 0.05) is 23.0 Å². The number of thiophene rings is 1. The van der Waals surface area contributed by atoms with Gasteiger partial charge in [-0.05, 0) is 43.0 Å². The first kappa shape index (κ1) is 14.9. The number of rotatable bonds is 2. The molecule has 0 bridgehead atoms. The second kappa shape index (κ2) is 6.39. The number of hydrogen-bond donors (Lipinski definition) is 0. The molecule has 0 saturated carbocycles. The van der Waals surface area contributed by atoms with E-state index >= 15 is 0 Å². The molecule has 2 heterocycles. The van der Waals surface area contributed by atoms with Crippen molar-refractivity contribution >= 4 is 40.4 Å². The van der Waals surface area contributed by atoms with Gasteiger partial charge in [0.2, 0.25) is 0 Å². The van der Waals surface area contributed by atoms with Gasteiger partial charge in [0.15, 0.2) is 0 Å². The van der Waals surface area contributed by atoms with Crippen LogP contribution in [-0.2, 0) is 0 Å². The van der Waals surface area contributed by atoms with Gasteiger partial charge in [-0.15, -0.1) is 11.3 Å². The van der Waals surface area contributed by atoms with Crippen LogP contribution < -0.4 is 0 Å². The molecule has 1 aliphatic rings. The van der Waals surface area contributed by atoms with Crippen LogP contribution in [0.15, 0.2) is 30.3 Å². The Kier molecular flexibility index (Phi) is 4.53. The van der Waals surface area contributed by atoms with E-state index in [-0.39, 0.29) is 5.91 Å². The van der Waals surface area contributed by atoms with E-state index in [4.69, 9.17) is 23.2 Å². The average Bonchev–Trinajstić information content (AvgIpc) is 2.90. The zero-order valence-corrected chi connectivity index (χ0v) is 13.8. The van der Waals surface area contributed by atoms with Crippen LogP contribution in [0, 0.1) is 0 Å². The van der Waals surface area contributed by atoms with Gasteiger partial charge in [0.05, 0.1) is 5.56 Å². The quantitative estimate of drug-likeness (QED) is 0.722. The topological polar surface area (TPSA) is 20.3 Å². The molecule has 0 radical (unpaired) electrons. The van der Waals surface area contributed by atoms with Gasteiger partial charge in [0.25, 0.3) is 5.91 Å². The maximum atomic E-state index is 12.5. The van der Waals surface area contributed by atoms with Crippen molar-refractivity contribution in [3.63, 3.8) is 0 Å². The number of hydrogen-bond acceptors (Lipinski definition) is 2. The van der Waals surface area contributed by atoms with Gasteiger partial charge in [-0.2, -0.15) is 0 Å². The molecule has 2 aromatic rings. The molecule has 1 saturated heterocycles. The molecule has 1 amide bonds. The number of amides is 1. The Balaban J connectivity index is 1.87. The van der Waals surface area contributed by atoms with E-state index in [0.717, 1.165) is 36.4 Å². The van der Waals surface area contributed by atoms with Crippen LogP contribution in [0.2, 0.25) is 9.36 Å². The lowest BCUT2D eigenvalue weighted by Gasteiger charge is -2.26. The molecule has 3 rings (SSSR count). The summed E-state index contributed by atoms with van der Waals surface area (Å²) in [7, 11) is 0. The first-order valence-electron chi connectivity index (χ1n) is 7.00. The minimum absolute atomic E-state index is 0.0520. The van der Waals surface area contributed by atoms with Crippen molar-refractivity contribution in [2.75, 3.05) is 13.1 Å². The molecule has 0 aliphatic carbocycles. The molecule has 0 spiro atoms. The summed E-state index contributed by atoms with van der Waals surface area (Å²) in [4.78, 5) is 15.4. The highest BCUT2D eigenvalue weighted by Gasteiger charge is 2.22. The van der Waals surface area contributed by atoms with Gasteiger partial charge in [-0.1, -0.05) is 35.3 Å². The first-order chi connectivity index (χ1) is 10.1. The van der Waals surface area contributed by atoms with Crippen LogP contribution in [0.3, 0.4) is 0 Å². The van der Waals surface area contributed by atoms with Crippen molar-refractivity contribution in [3.8, 4) is 10.4 Å². The molecular formula is C16H15Cl2NOS. The zero-order valence-electron chi connectivity index (χ0n) is 11.4. The largest absolute Gasteiger partial charge is 0.339 e. The molecule has 5 heteroatoms. The highest BCUT2D eigenvalue weighted by molar-refractivity contribution is 7.19. The third-order valence-corrected chi connectivity index (χ3v) is 5.35. The maximum Gasteiger partial charge on any atom is 0.256 e. The van der Waals surface area contributed by atoms with Crippen molar-refractivity contribution < 1.29 is 4.79 Å². The summed E-state index contributed by atoms with van der Waals surface area (Å²) in [5, 5.41) is 0.700. The van der Waals surface area contributed by atoms with Crippen LogP contribution in [-0.4, -0.2) is 23.9 Å². The predicted molar refractivity (Wildman–Crippen MR) is 89.5 cm³/mol. The summed E-state index contributed by atoms with van der Waals surface area (Å²) in [6, 6.07) is 9.47. The van der Waals surface area contributed by atoms with E-state index in [1.165, 1.54) is 17.8 Å². The van der Waals surface area contributed by atoms with Gasteiger partial charge < -0.3 is 4.90 Å². The molecule has 2 nitrogen and oxygen atoms in total. The highest BCUT2D eigenvalue weighted by atomic mass is 35.5. The minimum Gasteiger partial charge on any atom is -0.339 e. The fourth-order valence-corrected chi connectivity index (χ4v) is 3.93. The second-order valence-electron chi connectivity index (χ2n) is 5.16. The van der Waals surface area contributed by atoms with E-state index in [1.807, 2.05) is 35.2 Å². The Morgan fingerprint density at radius 3 is 2.38 bits per heavy atom. The fraction of sp³-hybridized carbons (Fsp3) is 0.312. The lowest BCUT2D eigenvalue weighted by atomic mass is 10.1. The Morgan fingerprint density at radius 2 is 1.71 bits per heavy atom. The lowest BCUT2D eigenvalue weighted by molar-refractivity contribution is 0.0725. The molecule has 110 valence electrons. The van der Waals surface area contributed by atoms with Crippen LogP contribution >= 0.6 is 34.5 Å². The molecule has 0 unspecified atom stereocenters. The van der Waals surface area contributed by atoms with Crippen molar-refractivity contribution in [3.05, 3.63) is 45.3 Å². The standard InChI is InChI=1S/C16H15Cl2NOS/c17-12-6-4-11(5-7-12)14-10-13(15(18)21-14)16(20)19-8-2-1-3-9-19/h4-7,10H,1-3,8-9H2. The Hall–Kier alpha value is -1.03. The van der Waals surface area contributed by atoms with Crippen LogP contribution in [0.4, 0.5) is 0 Å². The molecule has 0 atom stereocenters. The summed E-state index contributed by atoms with van der Waals surface area (Å²) in [6.45, 7) is 1.67. The summed E-state index contributed by atoms with van der Waals surface area (Å²) in [5.74, 6) is 0.0520. The summed E-state index contributed by atoms with van der Waals surface area (Å²) < 4.78 is 0.565. The predicted octanol–water partition coefficient (Wildman–Crippen LogP) is 5.35. The third-order valence-electron chi connectivity index (χ3n) is 3.69. The summed E-state index contributed by atoms with van der Waals surface area (Å²) in [5.41, 5.74) is 1.65. The second-order valence-corrected chi connectivity index (χ2v) is 7.25. The number of piperidine rings is 1. The van der Waals surface area contributed by atoms with Crippen LogP contribution in [0.1, 0.15) is 29.6 Å². The molecule has 1 fully saturated rings. The number of likely N-dealkylation sites (tertiary alicyclic amines) is 1. The van der Waals surface area contributed by atoms with Crippen LogP contribution in [0.25, 0.3) is 10.4 Å². The summed E-state index contributed by atoms with van der Waals surface area (Å²) in [6.07, 6.45) is 3.37. The lowest BCUT2D eigenvalue weighted by Crippen LogP contribution is -2.35. The first-order valence-corrected chi connectivity index (χ1v) is 8.57. The monoisotopic (exact) mass is 339 g/mol. The van der Waals surface area contributed by atoms with Crippen molar-refractivity contribution in [1.82, 2.24) is 4.90 Å². The van der Waals surface area contributed by atoms with Crippen molar-refractivity contribution in [2.24, 2.45) is 0 Å². The Bertz CT molecular complexity index is 645. The Labute approximate surface area is 138 Å². The average molecular weight is 340 g/mol. The molecule has 21 heavy (non-hydrogen) atoms. The van der Waals surface area contributed by atoms with E-state index in [1.54, 1.807) is 0 Å². The fourth-order valence-electron chi connectivity index (χ4n) is 2.54. The van der Waals surface area contributed by atoms with E-state index in [9.17, 15) is 4.79 Å². The van der Waals surface area contributed by atoms with Gasteiger partial charge in [0.1, 0.15) is 4.34 Å². The SMILES string of the molecule is O=C(c1cc(-c2ccc(Cl)cc2)sc1Cl)N1CCCCC1. The molecule has 0 N–H and O–H groups in total. The molecular weight excluding hydrogens is 325 g/mol. The third kappa shape index (κ3) is 3.25. The number of halogens is 2. The van der Waals surface area contributed by atoms with E-state index < -0.39 is 0 Å². The molecule has 1 aromatic carbocycles. The van der Waals surface area contributed by atoms with Gasteiger partial charge in [-0.3, -0.25) is 4.79 Å². The molecule has 1 aliphatic heterocycles. The van der Waals surface area contributed by atoms with Crippen molar-refractivity contribution in [2.45, 2.75) is 19.3 Å². The summed E-state index contributed by atoms with van der Waals surface area (Å²) >= 11 is 13.6. The number of carbonyl (C=O) groups excluding carboxylic acids is 1. The minimum atomic E-state index is 0.0520. The number of nitrogens with zero attached hydrogens (tertiary/aromatic N) is 1. The molecule has 1 aromatic heterocycles. The van der Waals surface area contributed by atoms with E-state index in [2.05, 4.69) is 0 Å². The van der Waals surface area contributed by atoms with Gasteiger partial charge >= 0.3 is 0 Å². The zero-order chi connectivity index (χ0) is 14.8. The van der Waals surface area contributed by atoms with Crippen molar-refractivity contribution in [1.29, 1.82) is 0 Å². The van der Waals surface area contributed by atoms with Crippen LogP contribution in [0.5, 0.6) is 0 Å². The normalized spacial score (nSPS) is 15.2. The number of benzene rings is 1. The number of carbonyl (C=O) groups is 1. The maximum absolute atomic E-state index is 12.5. The smallest absolute Gasteiger partial charge is 0.256 e.